The Morgan fingerprint density at radius 1 is 0.966 bits per heavy atom. The number of rotatable bonds is 8. The number of nitrogens with one attached hydrogen (secondary N) is 1. The Bertz CT molecular complexity index is 1050. The first-order chi connectivity index (χ1) is 13.9. The van der Waals surface area contributed by atoms with Crippen molar-refractivity contribution in [3.63, 3.8) is 0 Å². The molecule has 0 saturated carbocycles. The smallest absolute Gasteiger partial charge is 0.305 e. The first-order valence-corrected chi connectivity index (χ1v) is 9.13. The fourth-order valence-corrected chi connectivity index (χ4v) is 3.24. The molecule has 0 aromatic heterocycles. The summed E-state index contributed by atoms with van der Waals surface area (Å²) in [4.78, 5) is 33.9. The molecule has 1 atom stereocenters. The van der Waals surface area contributed by atoms with Crippen LogP contribution < -0.4 is 5.32 Å². The number of aliphatic carboxylic acids is 1. The van der Waals surface area contributed by atoms with Gasteiger partial charge in [0.2, 0.25) is 5.91 Å². The molecule has 148 valence electrons. The van der Waals surface area contributed by atoms with E-state index >= 15 is 0 Å². The number of carbonyl (C=O) groups excluding carboxylic acids is 1. The van der Waals surface area contributed by atoms with Crippen molar-refractivity contribution in [2.24, 2.45) is 0 Å². The number of non-ortho nitro benzene ring substituents is 1. The number of nitro benzene ring substituents is 1. The Morgan fingerprint density at radius 3 is 2.28 bits per heavy atom. The standard InChI is InChI=1S/C22H20N2O5/c25-21(13-16-5-8-17-3-1-2-4-18(17)11-16)23-19(14-22(26)27)12-15-6-9-20(10-7-15)24(28)29/h1-11,19H,12-14H2,(H,23,25)(H,26,27). The lowest BCUT2D eigenvalue weighted by atomic mass is 10.0. The highest BCUT2D eigenvalue weighted by molar-refractivity contribution is 5.85. The fourth-order valence-electron chi connectivity index (χ4n) is 3.24. The van der Waals surface area contributed by atoms with E-state index in [1.807, 2.05) is 42.5 Å². The number of carbonyl (C=O) groups is 2. The number of carboxylic acids is 1. The molecule has 1 unspecified atom stereocenters. The molecule has 2 N–H and O–H groups in total. The van der Waals surface area contributed by atoms with Gasteiger partial charge < -0.3 is 10.4 Å². The summed E-state index contributed by atoms with van der Waals surface area (Å²) in [6.07, 6.45) is 0.176. The second-order valence-electron chi connectivity index (χ2n) is 6.85. The zero-order valence-electron chi connectivity index (χ0n) is 15.6. The van der Waals surface area contributed by atoms with Gasteiger partial charge in [0, 0.05) is 18.2 Å². The lowest BCUT2D eigenvalue weighted by Gasteiger charge is -2.17. The van der Waals surface area contributed by atoms with Crippen LogP contribution in [0, 0.1) is 10.1 Å². The number of benzene rings is 3. The van der Waals surface area contributed by atoms with E-state index in [1.54, 1.807) is 12.1 Å². The molecule has 0 aliphatic carbocycles. The molecule has 0 fully saturated rings. The first-order valence-electron chi connectivity index (χ1n) is 9.13. The predicted octanol–water partition coefficient (Wildman–Crippen LogP) is 3.49. The van der Waals surface area contributed by atoms with E-state index in [9.17, 15) is 19.7 Å². The minimum absolute atomic E-state index is 0.0381. The van der Waals surface area contributed by atoms with Crippen LogP contribution in [0.4, 0.5) is 5.69 Å². The van der Waals surface area contributed by atoms with Gasteiger partial charge in [-0.3, -0.25) is 19.7 Å². The van der Waals surface area contributed by atoms with E-state index in [1.165, 1.54) is 12.1 Å². The molecule has 0 heterocycles. The maximum Gasteiger partial charge on any atom is 0.305 e. The summed E-state index contributed by atoms with van der Waals surface area (Å²) in [5.41, 5.74) is 1.52. The molecule has 1 amide bonds. The lowest BCUT2D eigenvalue weighted by Crippen LogP contribution is -2.38. The molecular formula is C22H20N2O5. The van der Waals surface area contributed by atoms with Gasteiger partial charge in [0.25, 0.3) is 5.69 Å². The maximum atomic E-state index is 12.5. The molecule has 0 aliphatic rings. The quantitative estimate of drug-likeness (QED) is 0.450. The van der Waals surface area contributed by atoms with Crippen LogP contribution in [0.2, 0.25) is 0 Å². The molecule has 0 radical (unpaired) electrons. The van der Waals surface area contributed by atoms with Crippen molar-refractivity contribution in [1.82, 2.24) is 5.32 Å². The highest BCUT2D eigenvalue weighted by Gasteiger charge is 2.17. The Hall–Kier alpha value is -3.74. The number of nitrogens with zero attached hydrogens (tertiary/aromatic N) is 1. The third-order valence-corrected chi connectivity index (χ3v) is 4.59. The number of nitro groups is 1. The van der Waals surface area contributed by atoms with Crippen LogP contribution in [0.3, 0.4) is 0 Å². The monoisotopic (exact) mass is 392 g/mol. The van der Waals surface area contributed by atoms with Gasteiger partial charge in [-0.25, -0.2) is 0 Å². The van der Waals surface area contributed by atoms with E-state index in [4.69, 9.17) is 5.11 Å². The molecule has 0 bridgehead atoms. The zero-order valence-corrected chi connectivity index (χ0v) is 15.6. The number of hydrogen-bond donors (Lipinski definition) is 2. The second-order valence-corrected chi connectivity index (χ2v) is 6.85. The molecule has 3 aromatic carbocycles. The summed E-state index contributed by atoms with van der Waals surface area (Å²) in [6.45, 7) is 0. The maximum absolute atomic E-state index is 12.5. The molecular weight excluding hydrogens is 372 g/mol. The Kier molecular flexibility index (Phi) is 6.19. The highest BCUT2D eigenvalue weighted by atomic mass is 16.6. The van der Waals surface area contributed by atoms with Crippen molar-refractivity contribution < 1.29 is 19.6 Å². The Labute approximate surface area is 167 Å². The normalized spacial score (nSPS) is 11.7. The van der Waals surface area contributed by atoms with E-state index in [0.717, 1.165) is 16.3 Å². The van der Waals surface area contributed by atoms with Crippen LogP contribution in [0.5, 0.6) is 0 Å². The summed E-state index contributed by atoms with van der Waals surface area (Å²) in [5, 5.41) is 24.8. The molecule has 7 nitrogen and oxygen atoms in total. The van der Waals surface area contributed by atoms with Crippen molar-refractivity contribution in [3.05, 3.63) is 88.0 Å². The van der Waals surface area contributed by atoms with Crippen molar-refractivity contribution in [1.29, 1.82) is 0 Å². The molecule has 3 aromatic rings. The molecule has 0 saturated heterocycles. The second kappa shape index (κ2) is 8.97. The zero-order chi connectivity index (χ0) is 20.8. The third-order valence-electron chi connectivity index (χ3n) is 4.59. The lowest BCUT2D eigenvalue weighted by molar-refractivity contribution is -0.384. The summed E-state index contributed by atoms with van der Waals surface area (Å²) in [7, 11) is 0. The summed E-state index contributed by atoms with van der Waals surface area (Å²) < 4.78 is 0. The molecule has 0 aliphatic heterocycles. The van der Waals surface area contributed by atoms with Crippen LogP contribution in [-0.2, 0) is 22.4 Å². The van der Waals surface area contributed by atoms with Gasteiger partial charge in [-0.15, -0.1) is 0 Å². The minimum atomic E-state index is -1.03. The number of hydrogen-bond acceptors (Lipinski definition) is 4. The van der Waals surface area contributed by atoms with Gasteiger partial charge in [-0.2, -0.15) is 0 Å². The average molecular weight is 392 g/mol. The van der Waals surface area contributed by atoms with Crippen LogP contribution in [-0.4, -0.2) is 27.9 Å². The van der Waals surface area contributed by atoms with Crippen LogP contribution >= 0.6 is 0 Å². The Balaban J connectivity index is 1.67. The SMILES string of the molecule is O=C(O)CC(Cc1ccc([N+](=O)[O-])cc1)NC(=O)Cc1ccc2ccccc2c1. The van der Waals surface area contributed by atoms with E-state index in [2.05, 4.69) is 5.32 Å². The van der Waals surface area contributed by atoms with Crippen molar-refractivity contribution in [2.75, 3.05) is 0 Å². The van der Waals surface area contributed by atoms with E-state index < -0.39 is 16.9 Å². The summed E-state index contributed by atoms with van der Waals surface area (Å²) in [5.74, 6) is -1.30. The molecule has 0 spiro atoms. The summed E-state index contributed by atoms with van der Waals surface area (Å²) >= 11 is 0. The average Bonchev–Trinajstić information content (AvgIpc) is 2.67. The summed E-state index contributed by atoms with van der Waals surface area (Å²) in [6, 6.07) is 18.9. The van der Waals surface area contributed by atoms with Gasteiger partial charge in [-0.1, -0.05) is 54.6 Å². The van der Waals surface area contributed by atoms with Crippen molar-refractivity contribution in [2.45, 2.75) is 25.3 Å². The first kappa shape index (κ1) is 20.0. The van der Waals surface area contributed by atoms with Gasteiger partial charge in [0.15, 0.2) is 0 Å². The minimum Gasteiger partial charge on any atom is -0.481 e. The van der Waals surface area contributed by atoms with Gasteiger partial charge in [0.1, 0.15) is 0 Å². The molecule has 3 rings (SSSR count). The predicted molar refractivity (Wildman–Crippen MR) is 109 cm³/mol. The van der Waals surface area contributed by atoms with Gasteiger partial charge in [0.05, 0.1) is 17.8 Å². The van der Waals surface area contributed by atoms with E-state index in [-0.39, 0.29) is 30.9 Å². The highest BCUT2D eigenvalue weighted by Crippen LogP contribution is 2.17. The largest absolute Gasteiger partial charge is 0.481 e. The van der Waals surface area contributed by atoms with Crippen molar-refractivity contribution in [3.8, 4) is 0 Å². The van der Waals surface area contributed by atoms with Crippen LogP contribution in [0.1, 0.15) is 17.5 Å². The number of amides is 1. The van der Waals surface area contributed by atoms with Crippen LogP contribution in [0.25, 0.3) is 10.8 Å². The topological polar surface area (TPSA) is 110 Å². The van der Waals surface area contributed by atoms with Crippen LogP contribution in [0.15, 0.2) is 66.7 Å². The van der Waals surface area contributed by atoms with Crippen molar-refractivity contribution >= 4 is 28.3 Å². The fraction of sp³-hybridized carbons (Fsp3) is 0.182. The molecule has 29 heavy (non-hydrogen) atoms. The van der Waals surface area contributed by atoms with Gasteiger partial charge >= 0.3 is 5.97 Å². The Morgan fingerprint density at radius 2 is 1.62 bits per heavy atom. The van der Waals surface area contributed by atoms with E-state index in [0.29, 0.717) is 5.56 Å². The van der Waals surface area contributed by atoms with Gasteiger partial charge in [-0.05, 0) is 28.3 Å². The third kappa shape index (κ3) is 5.62. The number of carboxylic acid groups (broad SMARTS) is 1. The molecule has 7 heteroatoms. The number of fused-ring (bicyclic) bond motifs is 1.